The predicted octanol–water partition coefficient (Wildman–Crippen LogP) is 1.71. The van der Waals surface area contributed by atoms with Gasteiger partial charge in [0.05, 0.1) is 11.3 Å². The molecule has 1 aromatic rings. The Morgan fingerprint density at radius 2 is 2.04 bits per heavy atom. The molecular weight excluding hydrogens is 316 g/mol. The SMILES string of the molecule is Cc1ccc(OC(=O)C2=CN3CCS(=O)(=O)N=C3C=C2)c(C)c1. The first-order valence-corrected chi connectivity index (χ1v) is 8.74. The van der Waals surface area contributed by atoms with Crippen LogP contribution in [0.1, 0.15) is 11.1 Å². The van der Waals surface area contributed by atoms with Crippen LogP contribution in [-0.2, 0) is 14.8 Å². The lowest BCUT2D eigenvalue weighted by Gasteiger charge is -2.26. The Morgan fingerprint density at radius 1 is 1.26 bits per heavy atom. The highest BCUT2D eigenvalue weighted by molar-refractivity contribution is 7.90. The lowest BCUT2D eigenvalue weighted by molar-refractivity contribution is -0.129. The normalized spacial score (nSPS) is 18.8. The van der Waals surface area contributed by atoms with E-state index in [4.69, 9.17) is 4.74 Å². The Kier molecular flexibility index (Phi) is 3.81. The van der Waals surface area contributed by atoms with Crippen molar-refractivity contribution in [2.45, 2.75) is 13.8 Å². The molecule has 0 aliphatic carbocycles. The highest BCUT2D eigenvalue weighted by Gasteiger charge is 2.25. The Balaban J connectivity index is 1.80. The molecule has 0 unspecified atom stereocenters. The number of ether oxygens (including phenoxy) is 1. The van der Waals surface area contributed by atoms with E-state index in [2.05, 4.69) is 4.40 Å². The summed E-state index contributed by atoms with van der Waals surface area (Å²) < 4.78 is 32.0. The molecule has 0 radical (unpaired) electrons. The number of carbonyl (C=O) groups excluding carboxylic acids is 1. The number of hydrogen-bond acceptors (Lipinski definition) is 5. The summed E-state index contributed by atoms with van der Waals surface area (Å²) in [6.45, 7) is 4.11. The van der Waals surface area contributed by atoms with Crippen LogP contribution in [0.5, 0.6) is 5.75 Å². The third kappa shape index (κ3) is 3.34. The molecule has 1 aromatic carbocycles. The number of sulfonamides is 1. The lowest BCUT2D eigenvalue weighted by Crippen LogP contribution is -2.37. The van der Waals surface area contributed by atoms with Gasteiger partial charge in [-0.15, -0.1) is 4.40 Å². The standard InChI is InChI=1S/C16H16N2O4S/c1-11-3-5-14(12(2)9-11)22-16(19)13-4-6-15-17-23(20,21)8-7-18(15)10-13/h3-6,9-10H,7-8H2,1-2H3. The molecule has 2 heterocycles. The maximum absolute atomic E-state index is 12.3. The van der Waals surface area contributed by atoms with Crippen LogP contribution in [0.3, 0.4) is 0 Å². The monoisotopic (exact) mass is 332 g/mol. The zero-order chi connectivity index (χ0) is 16.6. The largest absolute Gasteiger partial charge is 0.423 e. The molecule has 7 heteroatoms. The van der Waals surface area contributed by atoms with E-state index < -0.39 is 16.0 Å². The van der Waals surface area contributed by atoms with E-state index in [0.717, 1.165) is 11.1 Å². The van der Waals surface area contributed by atoms with Gasteiger partial charge in [0.15, 0.2) is 0 Å². The molecule has 0 saturated carbocycles. The molecule has 0 bridgehead atoms. The Bertz CT molecular complexity index is 866. The minimum atomic E-state index is -3.40. The summed E-state index contributed by atoms with van der Waals surface area (Å²) >= 11 is 0. The van der Waals surface area contributed by atoms with Crippen molar-refractivity contribution in [1.29, 1.82) is 0 Å². The van der Waals surface area contributed by atoms with Crippen molar-refractivity contribution in [3.8, 4) is 5.75 Å². The predicted molar refractivity (Wildman–Crippen MR) is 86.7 cm³/mol. The fraction of sp³-hybridized carbons (Fsp3) is 0.250. The highest BCUT2D eigenvalue weighted by atomic mass is 32.2. The van der Waals surface area contributed by atoms with Gasteiger partial charge in [-0.2, -0.15) is 0 Å². The van der Waals surface area contributed by atoms with Crippen LogP contribution in [0.25, 0.3) is 0 Å². The van der Waals surface area contributed by atoms with Crippen LogP contribution in [-0.4, -0.2) is 37.4 Å². The van der Waals surface area contributed by atoms with Gasteiger partial charge in [-0.1, -0.05) is 17.7 Å². The first-order valence-electron chi connectivity index (χ1n) is 7.13. The number of esters is 1. The zero-order valence-electron chi connectivity index (χ0n) is 12.8. The average Bonchev–Trinajstić information content (AvgIpc) is 2.48. The minimum absolute atomic E-state index is 0.0692. The van der Waals surface area contributed by atoms with Crippen molar-refractivity contribution >= 4 is 21.8 Å². The maximum Gasteiger partial charge on any atom is 0.345 e. The molecule has 0 aromatic heterocycles. The summed E-state index contributed by atoms with van der Waals surface area (Å²) in [4.78, 5) is 13.9. The van der Waals surface area contributed by atoms with Crippen molar-refractivity contribution < 1.29 is 17.9 Å². The molecule has 0 fully saturated rings. The fourth-order valence-electron chi connectivity index (χ4n) is 2.39. The third-order valence-corrected chi connectivity index (χ3v) is 4.76. The van der Waals surface area contributed by atoms with Gasteiger partial charge in [-0.05, 0) is 37.6 Å². The third-order valence-electron chi connectivity index (χ3n) is 3.59. The summed E-state index contributed by atoms with van der Waals surface area (Å²) in [5.41, 5.74) is 2.32. The van der Waals surface area contributed by atoms with Gasteiger partial charge in [0.1, 0.15) is 11.6 Å². The van der Waals surface area contributed by atoms with Gasteiger partial charge in [-0.25, -0.2) is 13.2 Å². The summed E-state index contributed by atoms with van der Waals surface area (Å²) in [5.74, 6) is 0.274. The maximum atomic E-state index is 12.3. The van der Waals surface area contributed by atoms with Crippen LogP contribution < -0.4 is 4.74 Å². The van der Waals surface area contributed by atoms with E-state index >= 15 is 0 Å². The zero-order valence-corrected chi connectivity index (χ0v) is 13.6. The molecule has 2 aliphatic rings. The van der Waals surface area contributed by atoms with Crippen molar-refractivity contribution in [2.75, 3.05) is 12.3 Å². The van der Waals surface area contributed by atoms with Crippen LogP contribution >= 0.6 is 0 Å². The molecule has 0 saturated heterocycles. The Hall–Kier alpha value is -2.41. The number of nitrogens with zero attached hydrogens (tertiary/aromatic N) is 2. The van der Waals surface area contributed by atoms with Gasteiger partial charge in [-0.3, -0.25) is 0 Å². The molecule has 6 nitrogen and oxygen atoms in total. The van der Waals surface area contributed by atoms with Gasteiger partial charge in [0, 0.05) is 12.7 Å². The Labute approximate surface area is 134 Å². The molecular formula is C16H16N2O4S. The molecule has 23 heavy (non-hydrogen) atoms. The van der Waals surface area contributed by atoms with Crippen LogP contribution in [0.15, 0.2) is 46.5 Å². The first kappa shape index (κ1) is 15.5. The summed E-state index contributed by atoms with van der Waals surface area (Å²) in [6, 6.07) is 5.57. The van der Waals surface area contributed by atoms with Gasteiger partial charge < -0.3 is 9.64 Å². The Morgan fingerprint density at radius 3 is 2.78 bits per heavy atom. The number of carbonyl (C=O) groups is 1. The number of benzene rings is 1. The minimum Gasteiger partial charge on any atom is -0.423 e. The van der Waals surface area contributed by atoms with Crippen LogP contribution in [0.4, 0.5) is 0 Å². The van der Waals surface area contributed by atoms with E-state index in [0.29, 0.717) is 17.2 Å². The smallest absolute Gasteiger partial charge is 0.345 e. The topological polar surface area (TPSA) is 76.0 Å². The van der Waals surface area contributed by atoms with Gasteiger partial charge in [0.25, 0.3) is 10.0 Å². The summed E-state index contributed by atoms with van der Waals surface area (Å²) in [6.07, 6.45) is 4.59. The highest BCUT2D eigenvalue weighted by Crippen LogP contribution is 2.22. The van der Waals surface area contributed by atoms with E-state index in [1.807, 2.05) is 26.0 Å². The quantitative estimate of drug-likeness (QED) is 0.609. The van der Waals surface area contributed by atoms with Crippen molar-refractivity contribution in [2.24, 2.45) is 4.40 Å². The molecule has 2 aliphatic heterocycles. The molecule has 3 rings (SSSR count). The summed E-state index contributed by atoms with van der Waals surface area (Å²) in [7, 11) is -3.40. The van der Waals surface area contributed by atoms with E-state index in [1.54, 1.807) is 17.2 Å². The van der Waals surface area contributed by atoms with E-state index in [-0.39, 0.29) is 12.3 Å². The number of fused-ring (bicyclic) bond motifs is 1. The second kappa shape index (κ2) is 5.66. The number of amidine groups is 1. The molecule has 120 valence electrons. The lowest BCUT2D eigenvalue weighted by atomic mass is 10.1. The van der Waals surface area contributed by atoms with Crippen molar-refractivity contribution in [3.63, 3.8) is 0 Å². The number of aryl methyl sites for hydroxylation is 2. The van der Waals surface area contributed by atoms with Gasteiger partial charge in [0.2, 0.25) is 0 Å². The van der Waals surface area contributed by atoms with Crippen molar-refractivity contribution in [1.82, 2.24) is 4.90 Å². The number of hydrogen-bond donors (Lipinski definition) is 0. The average molecular weight is 332 g/mol. The van der Waals surface area contributed by atoms with E-state index in [9.17, 15) is 13.2 Å². The molecule has 0 spiro atoms. The molecule has 0 N–H and O–H groups in total. The number of rotatable bonds is 2. The fourth-order valence-corrected chi connectivity index (χ4v) is 3.36. The summed E-state index contributed by atoms with van der Waals surface area (Å²) in [5, 5.41) is 0. The molecule has 0 atom stereocenters. The van der Waals surface area contributed by atoms with Crippen LogP contribution in [0.2, 0.25) is 0 Å². The second-order valence-electron chi connectivity index (χ2n) is 5.51. The molecule has 0 amide bonds. The second-order valence-corrected chi connectivity index (χ2v) is 7.26. The van der Waals surface area contributed by atoms with Crippen LogP contribution in [0, 0.1) is 13.8 Å². The van der Waals surface area contributed by atoms with E-state index in [1.165, 1.54) is 12.2 Å². The van der Waals surface area contributed by atoms with Crippen molar-refractivity contribution in [3.05, 3.63) is 53.3 Å². The van der Waals surface area contributed by atoms with Gasteiger partial charge >= 0.3 is 5.97 Å². The first-order chi connectivity index (χ1) is 10.8.